The lowest BCUT2D eigenvalue weighted by atomic mass is 9.64. The van der Waals surface area contributed by atoms with E-state index in [1.807, 2.05) is 0 Å². The highest BCUT2D eigenvalue weighted by Gasteiger charge is 2.42. The summed E-state index contributed by atoms with van der Waals surface area (Å²) in [5.74, 6) is 1.06. The van der Waals surface area contributed by atoms with Crippen molar-refractivity contribution in [3.05, 3.63) is 57.6 Å². The van der Waals surface area contributed by atoms with Crippen LogP contribution in [0.1, 0.15) is 48.8 Å². The van der Waals surface area contributed by atoms with Crippen LogP contribution in [0, 0.1) is 11.6 Å². The summed E-state index contributed by atoms with van der Waals surface area (Å²) in [7, 11) is 0. The van der Waals surface area contributed by atoms with E-state index in [9.17, 15) is 0 Å². The molecule has 1 aromatic carbocycles. The van der Waals surface area contributed by atoms with Crippen LogP contribution >= 0.6 is 12.2 Å². The SMILES string of the molecule is CCc1[nH]c(C2(c3ccccc3)CCC2)nc(=S)c1C. The zero-order valence-electron chi connectivity index (χ0n) is 12.1. The van der Waals surface area contributed by atoms with E-state index < -0.39 is 0 Å². The summed E-state index contributed by atoms with van der Waals surface area (Å²) in [6.07, 6.45) is 4.53. The van der Waals surface area contributed by atoms with Crippen molar-refractivity contribution in [1.29, 1.82) is 0 Å². The standard InChI is InChI=1S/C17H20N2S/c1-3-14-12(2)15(20)19-16(18-14)17(10-7-11-17)13-8-5-4-6-9-13/h4-6,8-9H,3,7,10-11H2,1-2H3,(H,18,19,20). The minimum Gasteiger partial charge on any atom is -0.346 e. The maximum atomic E-state index is 5.45. The van der Waals surface area contributed by atoms with Crippen LogP contribution in [0.2, 0.25) is 0 Å². The third-order valence-corrected chi connectivity index (χ3v) is 4.99. The fourth-order valence-corrected chi connectivity index (χ4v) is 3.32. The molecule has 1 aliphatic rings. The predicted octanol–water partition coefficient (Wildman–Crippen LogP) is 4.48. The van der Waals surface area contributed by atoms with Crippen molar-refractivity contribution < 1.29 is 0 Å². The summed E-state index contributed by atoms with van der Waals surface area (Å²) >= 11 is 5.45. The Morgan fingerprint density at radius 3 is 2.50 bits per heavy atom. The van der Waals surface area contributed by atoms with E-state index in [0.29, 0.717) is 0 Å². The lowest BCUT2D eigenvalue weighted by molar-refractivity contribution is 0.284. The molecule has 0 unspecified atom stereocenters. The fourth-order valence-electron chi connectivity index (χ4n) is 3.11. The van der Waals surface area contributed by atoms with Crippen LogP contribution in [0.25, 0.3) is 0 Å². The van der Waals surface area contributed by atoms with Crippen LogP contribution < -0.4 is 0 Å². The number of hydrogen-bond donors (Lipinski definition) is 1. The summed E-state index contributed by atoms with van der Waals surface area (Å²) in [5.41, 5.74) is 3.75. The van der Waals surface area contributed by atoms with Gasteiger partial charge in [0.1, 0.15) is 10.5 Å². The van der Waals surface area contributed by atoms with Crippen molar-refractivity contribution in [2.75, 3.05) is 0 Å². The van der Waals surface area contributed by atoms with Crippen molar-refractivity contribution in [3.8, 4) is 0 Å². The van der Waals surface area contributed by atoms with Gasteiger partial charge < -0.3 is 4.98 Å². The Labute approximate surface area is 125 Å². The molecule has 0 aliphatic heterocycles. The van der Waals surface area contributed by atoms with Gasteiger partial charge in [0, 0.05) is 11.3 Å². The molecule has 1 aromatic heterocycles. The Morgan fingerprint density at radius 1 is 1.25 bits per heavy atom. The van der Waals surface area contributed by atoms with E-state index in [1.165, 1.54) is 17.7 Å². The van der Waals surface area contributed by atoms with E-state index in [-0.39, 0.29) is 5.41 Å². The molecule has 0 spiro atoms. The highest BCUT2D eigenvalue weighted by atomic mass is 32.1. The molecule has 1 fully saturated rings. The topological polar surface area (TPSA) is 28.7 Å². The molecule has 0 atom stereocenters. The minimum absolute atomic E-state index is 0.0481. The molecule has 1 aliphatic carbocycles. The maximum absolute atomic E-state index is 5.45. The Kier molecular flexibility index (Phi) is 3.47. The van der Waals surface area contributed by atoms with Crippen LogP contribution in [-0.2, 0) is 11.8 Å². The van der Waals surface area contributed by atoms with Crippen LogP contribution in [0.5, 0.6) is 0 Å². The normalized spacial score (nSPS) is 16.7. The number of aryl methyl sites for hydroxylation is 1. The van der Waals surface area contributed by atoms with E-state index >= 15 is 0 Å². The average molecular weight is 284 g/mol. The monoisotopic (exact) mass is 284 g/mol. The third kappa shape index (κ3) is 2.01. The fraction of sp³-hybridized carbons (Fsp3) is 0.412. The first kappa shape index (κ1) is 13.5. The molecule has 2 aromatic rings. The molecule has 0 bridgehead atoms. The molecule has 2 nitrogen and oxygen atoms in total. The van der Waals surface area contributed by atoms with Crippen molar-refractivity contribution in [2.45, 2.75) is 44.9 Å². The van der Waals surface area contributed by atoms with Crippen LogP contribution in [0.3, 0.4) is 0 Å². The highest BCUT2D eigenvalue weighted by molar-refractivity contribution is 7.71. The largest absolute Gasteiger partial charge is 0.346 e. The van der Waals surface area contributed by atoms with Gasteiger partial charge in [0.05, 0.1) is 5.41 Å². The highest BCUT2D eigenvalue weighted by Crippen LogP contribution is 2.47. The molecule has 3 heteroatoms. The van der Waals surface area contributed by atoms with E-state index in [4.69, 9.17) is 17.2 Å². The smallest absolute Gasteiger partial charge is 0.132 e. The van der Waals surface area contributed by atoms with Gasteiger partial charge in [-0.05, 0) is 31.7 Å². The second-order valence-corrected chi connectivity index (χ2v) is 6.04. The van der Waals surface area contributed by atoms with Crippen molar-refractivity contribution in [3.63, 3.8) is 0 Å². The molecule has 20 heavy (non-hydrogen) atoms. The van der Waals surface area contributed by atoms with Gasteiger partial charge in [-0.25, -0.2) is 4.98 Å². The molecule has 3 rings (SSSR count). The second kappa shape index (κ2) is 5.13. The first-order valence-electron chi connectivity index (χ1n) is 7.33. The van der Waals surface area contributed by atoms with Gasteiger partial charge in [-0.15, -0.1) is 0 Å². The summed E-state index contributed by atoms with van der Waals surface area (Å²) in [6.45, 7) is 4.22. The Hall–Kier alpha value is -1.48. The first-order valence-corrected chi connectivity index (χ1v) is 7.74. The van der Waals surface area contributed by atoms with Gasteiger partial charge in [0.25, 0.3) is 0 Å². The van der Waals surface area contributed by atoms with Gasteiger partial charge >= 0.3 is 0 Å². The molecule has 0 saturated heterocycles. The zero-order chi connectivity index (χ0) is 14.2. The number of nitrogens with one attached hydrogen (secondary N) is 1. The zero-order valence-corrected chi connectivity index (χ0v) is 12.9. The van der Waals surface area contributed by atoms with E-state index in [0.717, 1.165) is 35.3 Å². The number of H-pyrrole nitrogens is 1. The molecule has 104 valence electrons. The van der Waals surface area contributed by atoms with Crippen LogP contribution in [0.15, 0.2) is 30.3 Å². The van der Waals surface area contributed by atoms with Crippen LogP contribution in [0.4, 0.5) is 0 Å². The molecule has 1 saturated carbocycles. The lowest BCUT2D eigenvalue weighted by Crippen LogP contribution is -2.37. The number of aromatic nitrogens is 2. The maximum Gasteiger partial charge on any atom is 0.132 e. The van der Waals surface area contributed by atoms with Gasteiger partial charge in [-0.1, -0.05) is 55.9 Å². The molecular weight excluding hydrogens is 264 g/mol. The summed E-state index contributed by atoms with van der Waals surface area (Å²) in [6, 6.07) is 10.7. The van der Waals surface area contributed by atoms with E-state index in [1.54, 1.807) is 0 Å². The van der Waals surface area contributed by atoms with Crippen LogP contribution in [-0.4, -0.2) is 9.97 Å². The number of nitrogens with zero attached hydrogens (tertiary/aromatic N) is 1. The number of benzene rings is 1. The lowest BCUT2D eigenvalue weighted by Gasteiger charge is -2.41. The first-order chi connectivity index (χ1) is 9.67. The Bertz CT molecular complexity index is 669. The number of hydrogen-bond acceptors (Lipinski definition) is 2. The number of aromatic amines is 1. The van der Waals surface area contributed by atoms with Gasteiger partial charge in [0.2, 0.25) is 0 Å². The Morgan fingerprint density at radius 2 is 1.95 bits per heavy atom. The van der Waals surface area contributed by atoms with Crippen molar-refractivity contribution in [2.24, 2.45) is 0 Å². The molecular formula is C17H20N2S. The third-order valence-electron chi connectivity index (χ3n) is 4.60. The summed E-state index contributed by atoms with van der Waals surface area (Å²) in [4.78, 5) is 8.28. The van der Waals surface area contributed by atoms with E-state index in [2.05, 4.69) is 49.2 Å². The van der Waals surface area contributed by atoms with Crippen molar-refractivity contribution in [1.82, 2.24) is 9.97 Å². The summed E-state index contributed by atoms with van der Waals surface area (Å²) in [5, 5.41) is 0. The quantitative estimate of drug-likeness (QED) is 0.842. The molecule has 1 heterocycles. The van der Waals surface area contributed by atoms with Gasteiger partial charge in [-0.2, -0.15) is 0 Å². The number of rotatable bonds is 3. The van der Waals surface area contributed by atoms with Gasteiger partial charge in [-0.3, -0.25) is 0 Å². The van der Waals surface area contributed by atoms with Gasteiger partial charge in [0.15, 0.2) is 0 Å². The minimum atomic E-state index is 0.0481. The predicted molar refractivity (Wildman–Crippen MR) is 84.6 cm³/mol. The molecule has 1 N–H and O–H groups in total. The Balaban J connectivity index is 2.16. The molecule has 0 radical (unpaired) electrons. The second-order valence-electron chi connectivity index (χ2n) is 5.65. The molecule has 0 amide bonds. The van der Waals surface area contributed by atoms with Crippen molar-refractivity contribution >= 4 is 12.2 Å². The average Bonchev–Trinajstić information content (AvgIpc) is 2.42. The summed E-state index contributed by atoms with van der Waals surface area (Å²) < 4.78 is 0.748.